The highest BCUT2D eigenvalue weighted by Gasteiger charge is 2.20. The van der Waals surface area contributed by atoms with Gasteiger partial charge in [0.2, 0.25) is 0 Å². The zero-order valence-electron chi connectivity index (χ0n) is 13.0. The average molecular weight is 301 g/mol. The molecule has 1 aromatic heterocycles. The predicted octanol–water partition coefficient (Wildman–Crippen LogP) is 2.60. The van der Waals surface area contributed by atoms with Gasteiger partial charge >= 0.3 is 0 Å². The molecule has 1 aliphatic rings. The van der Waals surface area contributed by atoms with Crippen LogP contribution in [0.4, 0.5) is 0 Å². The minimum absolute atomic E-state index is 0.324. The third kappa shape index (κ3) is 3.87. The molecule has 0 aliphatic carbocycles. The van der Waals surface area contributed by atoms with Gasteiger partial charge in [-0.1, -0.05) is 18.2 Å². The van der Waals surface area contributed by atoms with E-state index in [0.29, 0.717) is 6.10 Å². The van der Waals surface area contributed by atoms with Crippen molar-refractivity contribution in [3.8, 4) is 5.75 Å². The lowest BCUT2D eigenvalue weighted by Crippen LogP contribution is -2.32. The molecule has 0 spiro atoms. The molecule has 5 nitrogen and oxygen atoms in total. The molecule has 1 saturated heterocycles. The van der Waals surface area contributed by atoms with Gasteiger partial charge in [0, 0.05) is 37.7 Å². The van der Waals surface area contributed by atoms with E-state index in [2.05, 4.69) is 27.0 Å². The zero-order chi connectivity index (χ0) is 15.2. The lowest BCUT2D eigenvalue weighted by atomic mass is 10.1. The third-order valence-corrected chi connectivity index (χ3v) is 4.00. The molecule has 1 fully saturated rings. The molecule has 5 heteroatoms. The summed E-state index contributed by atoms with van der Waals surface area (Å²) in [5, 5.41) is 0. The SMILES string of the molecule is COc1ccccc1CN(Cc1ncc[nH]1)CC1CCCO1. The molecule has 0 bridgehead atoms. The second kappa shape index (κ2) is 7.42. The molecule has 1 atom stereocenters. The minimum Gasteiger partial charge on any atom is -0.496 e. The standard InChI is InChI=1S/C17H23N3O2/c1-21-16-7-3-2-5-14(16)11-20(12-15-6-4-10-22-15)13-17-18-8-9-19-17/h2-3,5,7-9,15H,4,6,10-13H2,1H3,(H,18,19). The van der Waals surface area contributed by atoms with Gasteiger partial charge in [-0.15, -0.1) is 0 Å². The first kappa shape index (κ1) is 15.1. The summed E-state index contributed by atoms with van der Waals surface area (Å²) in [7, 11) is 1.72. The maximum Gasteiger partial charge on any atom is 0.123 e. The smallest absolute Gasteiger partial charge is 0.123 e. The summed E-state index contributed by atoms with van der Waals surface area (Å²) >= 11 is 0. The molecule has 1 aromatic carbocycles. The van der Waals surface area contributed by atoms with E-state index in [1.54, 1.807) is 13.3 Å². The van der Waals surface area contributed by atoms with E-state index in [9.17, 15) is 0 Å². The van der Waals surface area contributed by atoms with Crippen LogP contribution < -0.4 is 4.74 Å². The van der Waals surface area contributed by atoms with Gasteiger partial charge in [0.1, 0.15) is 11.6 Å². The Bertz CT molecular complexity index is 565. The zero-order valence-corrected chi connectivity index (χ0v) is 13.0. The van der Waals surface area contributed by atoms with Crippen molar-refractivity contribution in [2.45, 2.75) is 32.0 Å². The number of hydrogen-bond acceptors (Lipinski definition) is 4. The second-order valence-corrected chi connectivity index (χ2v) is 5.65. The van der Waals surface area contributed by atoms with Gasteiger partial charge in [0.05, 0.1) is 19.8 Å². The van der Waals surface area contributed by atoms with Crippen LogP contribution in [-0.2, 0) is 17.8 Å². The van der Waals surface area contributed by atoms with Gasteiger partial charge in [0.15, 0.2) is 0 Å². The first-order valence-electron chi connectivity index (χ1n) is 7.79. The van der Waals surface area contributed by atoms with E-state index < -0.39 is 0 Å². The van der Waals surface area contributed by atoms with E-state index in [1.807, 2.05) is 18.3 Å². The number of H-pyrrole nitrogens is 1. The third-order valence-electron chi connectivity index (χ3n) is 4.00. The summed E-state index contributed by atoms with van der Waals surface area (Å²) in [4.78, 5) is 9.90. The molecule has 22 heavy (non-hydrogen) atoms. The van der Waals surface area contributed by atoms with Crippen molar-refractivity contribution in [2.75, 3.05) is 20.3 Å². The Morgan fingerprint density at radius 3 is 3.00 bits per heavy atom. The fraction of sp³-hybridized carbons (Fsp3) is 0.471. The fourth-order valence-electron chi connectivity index (χ4n) is 2.93. The Morgan fingerprint density at radius 2 is 2.27 bits per heavy atom. The summed E-state index contributed by atoms with van der Waals surface area (Å²) in [6, 6.07) is 8.17. The van der Waals surface area contributed by atoms with E-state index in [4.69, 9.17) is 9.47 Å². The van der Waals surface area contributed by atoms with Gasteiger partial charge in [-0.05, 0) is 18.9 Å². The Labute approximate surface area is 131 Å². The van der Waals surface area contributed by atoms with Crippen molar-refractivity contribution in [1.82, 2.24) is 14.9 Å². The van der Waals surface area contributed by atoms with E-state index in [-0.39, 0.29) is 0 Å². The quantitative estimate of drug-likeness (QED) is 0.854. The van der Waals surface area contributed by atoms with Crippen molar-refractivity contribution in [1.29, 1.82) is 0 Å². The lowest BCUT2D eigenvalue weighted by Gasteiger charge is -2.25. The molecule has 1 unspecified atom stereocenters. The fourth-order valence-corrected chi connectivity index (χ4v) is 2.93. The van der Waals surface area contributed by atoms with E-state index >= 15 is 0 Å². The van der Waals surface area contributed by atoms with Crippen LogP contribution in [0.1, 0.15) is 24.2 Å². The van der Waals surface area contributed by atoms with Crippen molar-refractivity contribution in [3.63, 3.8) is 0 Å². The number of nitrogens with zero attached hydrogens (tertiary/aromatic N) is 2. The monoisotopic (exact) mass is 301 g/mol. The van der Waals surface area contributed by atoms with Crippen molar-refractivity contribution in [3.05, 3.63) is 48.0 Å². The van der Waals surface area contributed by atoms with Crippen LogP contribution in [-0.4, -0.2) is 41.2 Å². The van der Waals surface area contributed by atoms with Crippen LogP contribution in [0.25, 0.3) is 0 Å². The van der Waals surface area contributed by atoms with Gasteiger partial charge in [0.25, 0.3) is 0 Å². The predicted molar refractivity (Wildman–Crippen MR) is 84.7 cm³/mol. The number of hydrogen-bond donors (Lipinski definition) is 1. The largest absolute Gasteiger partial charge is 0.496 e. The highest BCUT2D eigenvalue weighted by molar-refractivity contribution is 5.33. The molecule has 0 amide bonds. The van der Waals surface area contributed by atoms with Crippen LogP contribution in [0.5, 0.6) is 5.75 Å². The Morgan fingerprint density at radius 1 is 1.36 bits per heavy atom. The van der Waals surface area contributed by atoms with Crippen LogP contribution in [0, 0.1) is 0 Å². The highest BCUT2D eigenvalue weighted by atomic mass is 16.5. The summed E-state index contributed by atoms with van der Waals surface area (Å²) < 4.78 is 11.3. The Balaban J connectivity index is 1.71. The molecule has 2 heterocycles. The number of para-hydroxylation sites is 1. The topological polar surface area (TPSA) is 50.4 Å². The number of benzene rings is 1. The van der Waals surface area contributed by atoms with E-state index in [0.717, 1.165) is 50.7 Å². The van der Waals surface area contributed by atoms with Crippen molar-refractivity contribution in [2.24, 2.45) is 0 Å². The number of rotatable bonds is 7. The molecule has 1 N–H and O–H groups in total. The highest BCUT2D eigenvalue weighted by Crippen LogP contribution is 2.21. The number of imidazole rings is 1. The van der Waals surface area contributed by atoms with Crippen LogP contribution in [0.2, 0.25) is 0 Å². The normalized spacial score (nSPS) is 18.0. The van der Waals surface area contributed by atoms with Crippen LogP contribution in [0.3, 0.4) is 0 Å². The summed E-state index contributed by atoms with van der Waals surface area (Å²) in [5.41, 5.74) is 1.19. The summed E-state index contributed by atoms with van der Waals surface area (Å²) in [6.07, 6.45) is 6.28. The molecule has 2 aromatic rings. The van der Waals surface area contributed by atoms with Crippen molar-refractivity contribution >= 4 is 0 Å². The Kier molecular flexibility index (Phi) is 5.08. The maximum atomic E-state index is 5.79. The molecule has 0 saturated carbocycles. The minimum atomic E-state index is 0.324. The summed E-state index contributed by atoms with van der Waals surface area (Å²) in [6.45, 7) is 3.40. The van der Waals surface area contributed by atoms with Gasteiger partial charge in [-0.25, -0.2) is 4.98 Å². The first-order chi connectivity index (χ1) is 10.8. The van der Waals surface area contributed by atoms with Gasteiger partial charge in [-0.2, -0.15) is 0 Å². The van der Waals surface area contributed by atoms with Crippen molar-refractivity contribution < 1.29 is 9.47 Å². The molecule has 3 rings (SSSR count). The maximum absolute atomic E-state index is 5.79. The number of nitrogens with one attached hydrogen (secondary N) is 1. The molecular weight excluding hydrogens is 278 g/mol. The van der Waals surface area contributed by atoms with Crippen LogP contribution >= 0.6 is 0 Å². The molecule has 1 aliphatic heterocycles. The van der Waals surface area contributed by atoms with Gasteiger partial charge in [-0.3, -0.25) is 4.90 Å². The number of aromatic nitrogens is 2. The van der Waals surface area contributed by atoms with Gasteiger partial charge < -0.3 is 14.5 Å². The lowest BCUT2D eigenvalue weighted by molar-refractivity contribution is 0.0668. The number of aromatic amines is 1. The Hall–Kier alpha value is -1.85. The van der Waals surface area contributed by atoms with Crippen LogP contribution in [0.15, 0.2) is 36.7 Å². The molecule has 118 valence electrons. The number of methoxy groups -OCH3 is 1. The average Bonchev–Trinajstić information content (AvgIpc) is 3.21. The summed E-state index contributed by atoms with van der Waals surface area (Å²) in [5.74, 6) is 1.91. The van der Waals surface area contributed by atoms with E-state index in [1.165, 1.54) is 5.56 Å². The molecular formula is C17H23N3O2. The number of ether oxygens (including phenoxy) is 2. The molecule has 0 radical (unpaired) electrons. The second-order valence-electron chi connectivity index (χ2n) is 5.65. The first-order valence-corrected chi connectivity index (χ1v) is 7.79.